The summed E-state index contributed by atoms with van der Waals surface area (Å²) < 4.78 is 7.36. The second kappa shape index (κ2) is 5.94. The van der Waals surface area contributed by atoms with E-state index in [1.807, 2.05) is 28.9 Å². The van der Waals surface area contributed by atoms with Gasteiger partial charge in [0, 0.05) is 5.56 Å². The van der Waals surface area contributed by atoms with E-state index in [2.05, 4.69) is 20.5 Å². The zero-order valence-electron chi connectivity index (χ0n) is 14.0. The average Bonchev–Trinajstić information content (AvgIpc) is 3.41. The van der Waals surface area contributed by atoms with E-state index in [1.165, 1.54) is 12.8 Å². The van der Waals surface area contributed by atoms with Gasteiger partial charge in [0.15, 0.2) is 0 Å². The van der Waals surface area contributed by atoms with Crippen LogP contribution in [-0.4, -0.2) is 30.2 Å². The van der Waals surface area contributed by atoms with E-state index in [0.717, 1.165) is 29.4 Å². The van der Waals surface area contributed by atoms with Crippen LogP contribution < -0.4 is 0 Å². The van der Waals surface area contributed by atoms with E-state index in [9.17, 15) is 5.11 Å². The number of phenolic OH excluding ortho intramolecular Hbond substituents is 1. The van der Waals surface area contributed by atoms with Gasteiger partial charge in [-0.05, 0) is 43.2 Å². The predicted molar refractivity (Wildman–Crippen MR) is 95.4 cm³/mol. The predicted octanol–water partition coefficient (Wildman–Crippen LogP) is 3.97. The molecule has 4 aromatic rings. The Kier molecular flexibility index (Phi) is 3.44. The maximum Gasteiger partial charge on any atom is 0.261 e. The molecule has 0 saturated heterocycles. The molecule has 1 saturated carbocycles. The molecule has 130 valence electrons. The van der Waals surface area contributed by atoms with E-state index in [4.69, 9.17) is 4.52 Å². The van der Waals surface area contributed by atoms with Gasteiger partial charge in [-0.25, -0.2) is 4.68 Å². The Balaban J connectivity index is 1.51. The molecule has 7 nitrogen and oxygen atoms in total. The number of aromatic hydroxyl groups is 1. The number of para-hydroxylation sites is 1. The van der Waals surface area contributed by atoms with Gasteiger partial charge >= 0.3 is 0 Å². The SMILES string of the molecule is Oc1ccccc1-c1nc(-c2ccc3c(c2)nnn3C2CCCC2)no1. The van der Waals surface area contributed by atoms with Crippen LogP contribution in [0.15, 0.2) is 47.0 Å². The van der Waals surface area contributed by atoms with Crippen LogP contribution >= 0.6 is 0 Å². The maximum atomic E-state index is 9.94. The molecule has 5 rings (SSSR count). The fraction of sp³-hybridized carbons (Fsp3) is 0.263. The van der Waals surface area contributed by atoms with E-state index in [-0.39, 0.29) is 11.6 Å². The van der Waals surface area contributed by atoms with Crippen molar-refractivity contribution < 1.29 is 9.63 Å². The van der Waals surface area contributed by atoms with Gasteiger partial charge in [-0.2, -0.15) is 4.98 Å². The molecule has 0 spiro atoms. The zero-order chi connectivity index (χ0) is 17.5. The van der Waals surface area contributed by atoms with Crippen molar-refractivity contribution in [2.75, 3.05) is 0 Å². The first-order valence-corrected chi connectivity index (χ1v) is 8.77. The van der Waals surface area contributed by atoms with Gasteiger partial charge in [0.2, 0.25) is 5.82 Å². The fourth-order valence-electron chi connectivity index (χ4n) is 3.60. The molecule has 0 bridgehead atoms. The van der Waals surface area contributed by atoms with Crippen molar-refractivity contribution in [2.45, 2.75) is 31.7 Å². The normalized spacial score (nSPS) is 15.1. The summed E-state index contributed by atoms with van der Waals surface area (Å²) in [5.74, 6) is 0.853. The third kappa shape index (κ3) is 2.44. The van der Waals surface area contributed by atoms with Gasteiger partial charge < -0.3 is 9.63 Å². The van der Waals surface area contributed by atoms with E-state index in [1.54, 1.807) is 18.2 Å². The molecule has 2 aromatic carbocycles. The third-order valence-corrected chi connectivity index (χ3v) is 4.96. The summed E-state index contributed by atoms with van der Waals surface area (Å²) in [6, 6.07) is 13.2. The van der Waals surface area contributed by atoms with Crippen molar-refractivity contribution in [3.63, 3.8) is 0 Å². The number of benzene rings is 2. The summed E-state index contributed by atoms with van der Waals surface area (Å²) in [5.41, 5.74) is 3.18. The largest absolute Gasteiger partial charge is 0.507 e. The highest BCUT2D eigenvalue weighted by Gasteiger charge is 2.21. The topological polar surface area (TPSA) is 89.9 Å². The van der Waals surface area contributed by atoms with Crippen molar-refractivity contribution in [3.05, 3.63) is 42.5 Å². The quantitative estimate of drug-likeness (QED) is 0.603. The molecule has 1 aliphatic carbocycles. The lowest BCUT2D eigenvalue weighted by Gasteiger charge is -2.09. The summed E-state index contributed by atoms with van der Waals surface area (Å²) in [7, 11) is 0. The minimum Gasteiger partial charge on any atom is -0.507 e. The molecule has 2 heterocycles. The summed E-state index contributed by atoms with van der Waals surface area (Å²) >= 11 is 0. The molecule has 2 aromatic heterocycles. The van der Waals surface area contributed by atoms with E-state index < -0.39 is 0 Å². The molecule has 0 radical (unpaired) electrons. The third-order valence-electron chi connectivity index (χ3n) is 4.96. The van der Waals surface area contributed by atoms with Gasteiger partial charge in [0.05, 0.1) is 17.1 Å². The smallest absolute Gasteiger partial charge is 0.261 e. The van der Waals surface area contributed by atoms with Crippen molar-refractivity contribution in [1.29, 1.82) is 0 Å². The minimum atomic E-state index is 0.109. The summed E-state index contributed by atoms with van der Waals surface area (Å²) in [6.07, 6.45) is 4.83. The number of hydrogen-bond acceptors (Lipinski definition) is 6. The molecular weight excluding hydrogens is 330 g/mol. The highest BCUT2D eigenvalue weighted by atomic mass is 16.5. The molecular formula is C19H17N5O2. The maximum absolute atomic E-state index is 9.94. The first-order valence-electron chi connectivity index (χ1n) is 8.77. The Labute approximate surface area is 149 Å². The molecule has 26 heavy (non-hydrogen) atoms. The zero-order valence-corrected chi connectivity index (χ0v) is 14.0. The van der Waals surface area contributed by atoms with Gasteiger partial charge in [-0.3, -0.25) is 0 Å². The molecule has 0 unspecified atom stereocenters. The highest BCUT2D eigenvalue weighted by Crippen LogP contribution is 2.33. The van der Waals surface area contributed by atoms with Gasteiger partial charge in [-0.1, -0.05) is 35.3 Å². The van der Waals surface area contributed by atoms with E-state index >= 15 is 0 Å². The molecule has 7 heteroatoms. The van der Waals surface area contributed by atoms with Crippen LogP contribution in [0.3, 0.4) is 0 Å². The first kappa shape index (κ1) is 15.1. The molecule has 1 N–H and O–H groups in total. The molecule has 1 aliphatic rings. The molecule has 0 amide bonds. The van der Waals surface area contributed by atoms with Crippen molar-refractivity contribution in [3.8, 4) is 28.6 Å². The monoisotopic (exact) mass is 347 g/mol. The van der Waals surface area contributed by atoms with Gasteiger partial charge in [0.1, 0.15) is 11.3 Å². The number of hydrogen-bond donors (Lipinski definition) is 1. The lowest BCUT2D eigenvalue weighted by atomic mass is 10.1. The van der Waals surface area contributed by atoms with Crippen LogP contribution in [0.25, 0.3) is 33.9 Å². The van der Waals surface area contributed by atoms with Gasteiger partial charge in [0.25, 0.3) is 5.89 Å². The van der Waals surface area contributed by atoms with Crippen molar-refractivity contribution in [1.82, 2.24) is 25.1 Å². The fourth-order valence-corrected chi connectivity index (χ4v) is 3.60. The summed E-state index contributed by atoms with van der Waals surface area (Å²) in [4.78, 5) is 4.41. The van der Waals surface area contributed by atoms with Gasteiger partial charge in [-0.15, -0.1) is 5.10 Å². The Bertz CT molecular complexity index is 1080. The lowest BCUT2D eigenvalue weighted by molar-refractivity contribution is 0.426. The molecule has 0 aliphatic heterocycles. The standard InChI is InChI=1S/C19H17N5O2/c25-17-8-4-3-7-14(17)19-20-18(22-26-19)12-9-10-16-15(11-12)21-23-24(16)13-5-1-2-6-13/h3-4,7-11,13,25H,1-2,5-6H2. The van der Waals surface area contributed by atoms with Crippen molar-refractivity contribution >= 4 is 11.0 Å². The Morgan fingerprint density at radius 3 is 2.77 bits per heavy atom. The van der Waals surface area contributed by atoms with Crippen molar-refractivity contribution in [2.24, 2.45) is 0 Å². The minimum absolute atomic E-state index is 0.109. The van der Waals surface area contributed by atoms with E-state index in [0.29, 0.717) is 17.4 Å². The Morgan fingerprint density at radius 1 is 1.08 bits per heavy atom. The highest BCUT2D eigenvalue weighted by molar-refractivity contribution is 5.80. The van der Waals surface area contributed by atoms with Crippen LogP contribution in [0.1, 0.15) is 31.7 Å². The Morgan fingerprint density at radius 2 is 1.92 bits per heavy atom. The molecule has 1 fully saturated rings. The van der Waals surface area contributed by atoms with Crippen LogP contribution in [0, 0.1) is 0 Å². The number of aromatic nitrogens is 5. The summed E-state index contributed by atoms with van der Waals surface area (Å²) in [5, 5.41) is 22.6. The second-order valence-corrected chi connectivity index (χ2v) is 6.62. The van der Waals surface area contributed by atoms with Crippen LogP contribution in [-0.2, 0) is 0 Å². The number of nitrogens with zero attached hydrogens (tertiary/aromatic N) is 5. The summed E-state index contributed by atoms with van der Waals surface area (Å²) in [6.45, 7) is 0. The lowest BCUT2D eigenvalue weighted by Crippen LogP contribution is -2.06. The number of rotatable bonds is 3. The number of phenols is 1. The van der Waals surface area contributed by atoms with Crippen LogP contribution in [0.5, 0.6) is 5.75 Å². The molecule has 0 atom stereocenters. The second-order valence-electron chi connectivity index (χ2n) is 6.62. The average molecular weight is 347 g/mol. The van der Waals surface area contributed by atoms with Crippen LogP contribution in [0.4, 0.5) is 0 Å². The van der Waals surface area contributed by atoms with Crippen LogP contribution in [0.2, 0.25) is 0 Å². The number of fused-ring (bicyclic) bond motifs is 1. The Hall–Kier alpha value is -3.22. The first-order chi connectivity index (χ1) is 12.8.